The Kier molecular flexibility index (Phi) is 2.60. The zero-order chi connectivity index (χ0) is 12.7. The van der Waals surface area contributed by atoms with Gasteiger partial charge in [0, 0.05) is 37.2 Å². The monoisotopic (exact) mass is 257 g/mol. The van der Waals surface area contributed by atoms with Crippen LogP contribution in [0.2, 0.25) is 0 Å². The molecule has 0 atom stereocenters. The average molecular weight is 257 g/mol. The van der Waals surface area contributed by atoms with E-state index in [4.69, 9.17) is 4.74 Å². The molecule has 2 aromatic rings. The minimum absolute atomic E-state index is 0.432. The van der Waals surface area contributed by atoms with Gasteiger partial charge in [-0.3, -0.25) is 10.00 Å². The van der Waals surface area contributed by atoms with Crippen LogP contribution in [-0.4, -0.2) is 40.4 Å². The third-order valence-corrected chi connectivity index (χ3v) is 4.82. The van der Waals surface area contributed by atoms with Gasteiger partial charge in [-0.2, -0.15) is 5.10 Å². The van der Waals surface area contributed by atoms with Crippen LogP contribution in [0.5, 0.6) is 0 Å². The standard InChI is InChI=1S/C15H19N3O/c1-2-13-10-16-17-14(13)9-12(1)11-18-6-3-15(18)4-7-19-8-5-15/h1-2,9-10H,3-8,11H2,(H,16,17). The number of H-pyrrole nitrogens is 1. The van der Waals surface area contributed by atoms with E-state index >= 15 is 0 Å². The van der Waals surface area contributed by atoms with Crippen molar-refractivity contribution in [1.82, 2.24) is 15.1 Å². The Labute approximate surface area is 112 Å². The van der Waals surface area contributed by atoms with Crippen molar-refractivity contribution in [2.75, 3.05) is 19.8 Å². The molecule has 1 spiro atoms. The van der Waals surface area contributed by atoms with E-state index in [2.05, 4.69) is 33.3 Å². The predicted molar refractivity (Wildman–Crippen MR) is 73.9 cm³/mol. The Morgan fingerprint density at radius 3 is 2.95 bits per heavy atom. The largest absolute Gasteiger partial charge is 0.381 e. The molecular weight excluding hydrogens is 238 g/mol. The van der Waals surface area contributed by atoms with Crippen molar-refractivity contribution < 1.29 is 4.74 Å². The molecule has 1 aromatic carbocycles. The summed E-state index contributed by atoms with van der Waals surface area (Å²) in [6.45, 7) is 4.13. The fourth-order valence-corrected chi connectivity index (χ4v) is 3.45. The van der Waals surface area contributed by atoms with Crippen LogP contribution < -0.4 is 0 Å². The summed E-state index contributed by atoms with van der Waals surface area (Å²) < 4.78 is 5.51. The lowest BCUT2D eigenvalue weighted by molar-refractivity contribution is -0.0944. The molecule has 1 aromatic heterocycles. The molecule has 19 heavy (non-hydrogen) atoms. The highest BCUT2D eigenvalue weighted by atomic mass is 16.5. The molecule has 0 unspecified atom stereocenters. The van der Waals surface area contributed by atoms with Crippen LogP contribution in [0.3, 0.4) is 0 Å². The van der Waals surface area contributed by atoms with Gasteiger partial charge in [0.2, 0.25) is 0 Å². The van der Waals surface area contributed by atoms with Crippen LogP contribution in [0.25, 0.3) is 10.9 Å². The predicted octanol–water partition coefficient (Wildman–Crippen LogP) is 2.32. The van der Waals surface area contributed by atoms with E-state index < -0.39 is 0 Å². The van der Waals surface area contributed by atoms with E-state index in [1.807, 2.05) is 6.20 Å². The number of likely N-dealkylation sites (tertiary alicyclic amines) is 1. The maximum absolute atomic E-state index is 5.51. The number of nitrogens with one attached hydrogen (secondary N) is 1. The van der Waals surface area contributed by atoms with Crippen molar-refractivity contribution in [3.05, 3.63) is 30.0 Å². The van der Waals surface area contributed by atoms with E-state index in [1.54, 1.807) is 0 Å². The highest BCUT2D eigenvalue weighted by Gasteiger charge is 2.45. The Balaban J connectivity index is 1.54. The van der Waals surface area contributed by atoms with Crippen LogP contribution in [0.15, 0.2) is 24.4 Å². The summed E-state index contributed by atoms with van der Waals surface area (Å²) in [5.41, 5.74) is 2.95. The Bertz CT molecular complexity index is 586. The minimum atomic E-state index is 0.432. The first kappa shape index (κ1) is 11.4. The zero-order valence-electron chi connectivity index (χ0n) is 11.1. The average Bonchev–Trinajstić information content (AvgIpc) is 2.92. The van der Waals surface area contributed by atoms with Crippen LogP contribution in [0.4, 0.5) is 0 Å². The van der Waals surface area contributed by atoms with Crippen molar-refractivity contribution in [2.24, 2.45) is 0 Å². The van der Waals surface area contributed by atoms with Crippen LogP contribution in [0, 0.1) is 0 Å². The molecule has 2 aliphatic heterocycles. The van der Waals surface area contributed by atoms with Crippen LogP contribution in [-0.2, 0) is 11.3 Å². The lowest BCUT2D eigenvalue weighted by Crippen LogP contribution is -2.61. The van der Waals surface area contributed by atoms with Crippen molar-refractivity contribution in [2.45, 2.75) is 31.3 Å². The number of fused-ring (bicyclic) bond motifs is 1. The number of ether oxygens (including phenoxy) is 1. The molecule has 0 radical (unpaired) electrons. The Morgan fingerprint density at radius 1 is 1.26 bits per heavy atom. The third kappa shape index (κ3) is 1.86. The maximum atomic E-state index is 5.51. The molecule has 4 nitrogen and oxygen atoms in total. The van der Waals surface area contributed by atoms with Gasteiger partial charge in [0.15, 0.2) is 0 Å². The number of aromatic nitrogens is 2. The summed E-state index contributed by atoms with van der Waals surface area (Å²) >= 11 is 0. The number of benzene rings is 1. The molecule has 2 aliphatic rings. The smallest absolute Gasteiger partial charge is 0.0653 e. The minimum Gasteiger partial charge on any atom is -0.381 e. The van der Waals surface area contributed by atoms with Gasteiger partial charge in [-0.1, -0.05) is 12.1 Å². The van der Waals surface area contributed by atoms with Crippen molar-refractivity contribution in [1.29, 1.82) is 0 Å². The second-order valence-corrected chi connectivity index (χ2v) is 5.80. The first-order valence-electron chi connectivity index (χ1n) is 7.11. The lowest BCUT2D eigenvalue weighted by atomic mass is 9.77. The highest BCUT2D eigenvalue weighted by molar-refractivity contribution is 5.78. The molecule has 0 amide bonds. The summed E-state index contributed by atoms with van der Waals surface area (Å²) in [6.07, 6.45) is 5.60. The summed E-state index contributed by atoms with van der Waals surface area (Å²) in [4.78, 5) is 2.63. The molecule has 0 saturated carbocycles. The van der Waals surface area contributed by atoms with Crippen molar-refractivity contribution in [3.8, 4) is 0 Å². The zero-order valence-corrected chi connectivity index (χ0v) is 11.1. The molecule has 1 N–H and O–H groups in total. The second-order valence-electron chi connectivity index (χ2n) is 5.80. The molecular formula is C15H19N3O. The Hall–Kier alpha value is -1.39. The molecule has 3 heterocycles. The Morgan fingerprint density at radius 2 is 2.16 bits per heavy atom. The van der Waals surface area contributed by atoms with Gasteiger partial charge in [-0.15, -0.1) is 0 Å². The second kappa shape index (κ2) is 4.32. The van der Waals surface area contributed by atoms with E-state index in [9.17, 15) is 0 Å². The van der Waals surface area contributed by atoms with Crippen molar-refractivity contribution >= 4 is 10.9 Å². The molecule has 2 saturated heterocycles. The first-order valence-corrected chi connectivity index (χ1v) is 7.11. The van der Waals surface area contributed by atoms with Gasteiger partial charge >= 0.3 is 0 Å². The molecule has 0 bridgehead atoms. The highest BCUT2D eigenvalue weighted by Crippen LogP contribution is 2.40. The SMILES string of the molecule is c1cc2cn[nH]c2cc1CN1CCC12CCOCC2. The number of aromatic amines is 1. The quantitative estimate of drug-likeness (QED) is 0.897. The van der Waals surface area contributed by atoms with Crippen LogP contribution in [0.1, 0.15) is 24.8 Å². The van der Waals surface area contributed by atoms with Gasteiger partial charge in [0.05, 0.1) is 11.7 Å². The summed E-state index contributed by atoms with van der Waals surface area (Å²) in [6, 6.07) is 6.61. The van der Waals surface area contributed by atoms with E-state index in [1.165, 1.54) is 36.8 Å². The van der Waals surface area contributed by atoms with Gasteiger partial charge in [-0.25, -0.2) is 0 Å². The number of rotatable bonds is 2. The lowest BCUT2D eigenvalue weighted by Gasteiger charge is -2.55. The molecule has 2 fully saturated rings. The molecule has 4 heteroatoms. The number of hydrogen-bond donors (Lipinski definition) is 1. The van der Waals surface area contributed by atoms with Gasteiger partial charge < -0.3 is 4.74 Å². The summed E-state index contributed by atoms with van der Waals surface area (Å²) in [5.74, 6) is 0. The van der Waals surface area contributed by atoms with E-state index in [0.717, 1.165) is 25.3 Å². The fraction of sp³-hybridized carbons (Fsp3) is 0.533. The van der Waals surface area contributed by atoms with Gasteiger partial charge in [0.1, 0.15) is 0 Å². The molecule has 0 aliphatic carbocycles. The fourth-order valence-electron chi connectivity index (χ4n) is 3.45. The van der Waals surface area contributed by atoms with Gasteiger partial charge in [0.25, 0.3) is 0 Å². The van der Waals surface area contributed by atoms with E-state index in [-0.39, 0.29) is 0 Å². The van der Waals surface area contributed by atoms with Gasteiger partial charge in [-0.05, 0) is 30.9 Å². The molecule has 100 valence electrons. The summed E-state index contributed by atoms with van der Waals surface area (Å²) in [5, 5.41) is 8.32. The topological polar surface area (TPSA) is 41.2 Å². The van der Waals surface area contributed by atoms with E-state index in [0.29, 0.717) is 5.54 Å². The first-order chi connectivity index (χ1) is 9.36. The normalized spacial score (nSPS) is 22.7. The molecule has 4 rings (SSSR count). The number of nitrogens with zero attached hydrogens (tertiary/aromatic N) is 2. The number of hydrogen-bond acceptors (Lipinski definition) is 3. The maximum Gasteiger partial charge on any atom is 0.0653 e. The van der Waals surface area contributed by atoms with Crippen LogP contribution >= 0.6 is 0 Å². The summed E-state index contributed by atoms with van der Waals surface area (Å²) in [7, 11) is 0. The third-order valence-electron chi connectivity index (χ3n) is 4.82. The van der Waals surface area contributed by atoms with Crippen molar-refractivity contribution in [3.63, 3.8) is 0 Å².